The van der Waals surface area contributed by atoms with Gasteiger partial charge in [-0.15, -0.1) is 0 Å². The Balaban J connectivity index is 2.18. The average Bonchev–Trinajstić information content (AvgIpc) is 2.83. The highest BCUT2D eigenvalue weighted by atomic mass is 35.5. The smallest absolute Gasteiger partial charge is 0.393 e. The van der Waals surface area contributed by atoms with Crippen molar-refractivity contribution in [3.8, 4) is 5.75 Å². The fourth-order valence-corrected chi connectivity index (χ4v) is 2.94. The van der Waals surface area contributed by atoms with E-state index >= 15 is 0 Å². The summed E-state index contributed by atoms with van der Waals surface area (Å²) < 4.78 is 44.2. The number of primary amides is 1. The molecule has 4 nitrogen and oxygen atoms in total. The molecule has 1 aliphatic heterocycles. The van der Waals surface area contributed by atoms with Gasteiger partial charge in [-0.3, -0.25) is 9.69 Å². The van der Waals surface area contributed by atoms with Crippen molar-refractivity contribution in [2.45, 2.75) is 12.7 Å². The molecule has 2 atom stereocenters. The van der Waals surface area contributed by atoms with Crippen molar-refractivity contribution in [1.82, 2.24) is 4.90 Å². The van der Waals surface area contributed by atoms with Crippen LogP contribution in [0.25, 0.3) is 0 Å². The molecule has 22 heavy (non-hydrogen) atoms. The molecule has 2 rings (SSSR count). The summed E-state index contributed by atoms with van der Waals surface area (Å²) in [6.07, 6.45) is -4.45. The number of ether oxygens (including phenoxy) is 1. The zero-order chi connectivity index (χ0) is 16.5. The van der Waals surface area contributed by atoms with Crippen molar-refractivity contribution >= 4 is 17.5 Å². The first-order valence-corrected chi connectivity index (χ1v) is 7.01. The lowest BCUT2D eigenvalue weighted by Gasteiger charge is -2.19. The number of hydrogen-bond acceptors (Lipinski definition) is 3. The van der Waals surface area contributed by atoms with Crippen LogP contribution in [0.5, 0.6) is 5.75 Å². The summed E-state index contributed by atoms with van der Waals surface area (Å²) in [5, 5.41) is 0.466. The summed E-state index contributed by atoms with van der Waals surface area (Å²) in [4.78, 5) is 12.8. The largest absolute Gasteiger partial charge is 0.496 e. The minimum atomic E-state index is -4.45. The number of hydrogen-bond donors (Lipinski definition) is 1. The number of halogens is 4. The van der Waals surface area contributed by atoms with Crippen molar-refractivity contribution in [1.29, 1.82) is 0 Å². The number of carbonyl (C=O) groups excluding carboxylic acids is 1. The molecule has 122 valence electrons. The standard InChI is InChI=1S/C14H16ClF3N2O2/c1-22-12-3-2-9(15)4-8(12)5-20-6-10(13(19)21)11(7-20)14(16,17)18/h2-4,10-11H,5-7H2,1H3,(H2,19,21)/t10-,11-/m1/s1. The zero-order valence-corrected chi connectivity index (χ0v) is 12.6. The first-order chi connectivity index (χ1) is 10.2. The quantitative estimate of drug-likeness (QED) is 0.919. The number of nitrogens with two attached hydrogens (primary N) is 1. The van der Waals surface area contributed by atoms with Gasteiger partial charge in [0.25, 0.3) is 0 Å². The van der Waals surface area contributed by atoms with E-state index < -0.39 is 23.9 Å². The van der Waals surface area contributed by atoms with Crippen LogP contribution in [0.3, 0.4) is 0 Å². The van der Waals surface area contributed by atoms with Crippen LogP contribution < -0.4 is 10.5 Å². The molecule has 2 N–H and O–H groups in total. The maximum Gasteiger partial charge on any atom is 0.393 e. The average molecular weight is 337 g/mol. The lowest BCUT2D eigenvalue weighted by Crippen LogP contribution is -2.37. The number of carbonyl (C=O) groups is 1. The second-order valence-electron chi connectivity index (χ2n) is 5.31. The number of nitrogens with zero attached hydrogens (tertiary/aromatic N) is 1. The van der Waals surface area contributed by atoms with E-state index in [-0.39, 0.29) is 19.6 Å². The van der Waals surface area contributed by atoms with Crippen LogP contribution in [0.15, 0.2) is 18.2 Å². The van der Waals surface area contributed by atoms with E-state index in [1.807, 2.05) is 0 Å². The third-order valence-electron chi connectivity index (χ3n) is 3.82. The Kier molecular flexibility index (Phi) is 4.87. The molecule has 1 amide bonds. The summed E-state index contributed by atoms with van der Waals surface area (Å²) in [6.45, 7) is -0.0952. The van der Waals surface area contributed by atoms with Gasteiger partial charge in [0.2, 0.25) is 5.91 Å². The molecule has 0 radical (unpaired) electrons. The molecule has 1 heterocycles. The van der Waals surface area contributed by atoms with Crippen LogP contribution in [0.2, 0.25) is 5.02 Å². The van der Waals surface area contributed by atoms with Crippen LogP contribution in [0, 0.1) is 11.8 Å². The first-order valence-electron chi connectivity index (χ1n) is 6.63. The van der Waals surface area contributed by atoms with E-state index in [0.717, 1.165) is 0 Å². The Labute approximate surface area is 131 Å². The van der Waals surface area contributed by atoms with E-state index in [4.69, 9.17) is 22.1 Å². The topological polar surface area (TPSA) is 55.6 Å². The van der Waals surface area contributed by atoms with Gasteiger partial charge in [-0.1, -0.05) is 11.6 Å². The predicted octanol–water partition coefficient (Wildman–Crippen LogP) is 2.44. The van der Waals surface area contributed by atoms with Crippen LogP contribution in [0.1, 0.15) is 5.56 Å². The predicted molar refractivity (Wildman–Crippen MR) is 75.5 cm³/mol. The number of benzene rings is 1. The highest BCUT2D eigenvalue weighted by Gasteiger charge is 2.51. The van der Waals surface area contributed by atoms with Gasteiger partial charge in [0.05, 0.1) is 18.9 Å². The number of alkyl halides is 3. The molecule has 0 bridgehead atoms. The van der Waals surface area contributed by atoms with Crippen molar-refractivity contribution in [3.63, 3.8) is 0 Å². The van der Waals surface area contributed by atoms with Gasteiger partial charge in [-0.05, 0) is 18.2 Å². The number of amides is 1. The normalized spacial score (nSPS) is 22.8. The lowest BCUT2D eigenvalue weighted by atomic mass is 9.95. The molecule has 1 fully saturated rings. The van der Waals surface area contributed by atoms with Crippen molar-refractivity contribution < 1.29 is 22.7 Å². The van der Waals surface area contributed by atoms with Gasteiger partial charge in [0.1, 0.15) is 5.75 Å². The van der Waals surface area contributed by atoms with Crippen LogP contribution in [0.4, 0.5) is 13.2 Å². The van der Waals surface area contributed by atoms with Gasteiger partial charge in [0, 0.05) is 30.2 Å². The zero-order valence-electron chi connectivity index (χ0n) is 11.9. The Morgan fingerprint density at radius 1 is 1.45 bits per heavy atom. The molecule has 1 saturated heterocycles. The van der Waals surface area contributed by atoms with Crippen LogP contribution >= 0.6 is 11.6 Å². The molecule has 1 aromatic rings. The number of rotatable bonds is 4. The second-order valence-corrected chi connectivity index (χ2v) is 5.74. The molecule has 0 spiro atoms. The summed E-state index contributed by atoms with van der Waals surface area (Å²) in [5.74, 6) is -3.36. The summed E-state index contributed by atoms with van der Waals surface area (Å²) in [7, 11) is 1.47. The molecular formula is C14H16ClF3N2O2. The number of likely N-dealkylation sites (tertiary alicyclic amines) is 1. The highest BCUT2D eigenvalue weighted by molar-refractivity contribution is 6.30. The number of methoxy groups -OCH3 is 1. The first kappa shape index (κ1) is 16.9. The summed E-state index contributed by atoms with van der Waals surface area (Å²) in [5.41, 5.74) is 5.78. The SMILES string of the molecule is COc1ccc(Cl)cc1CN1C[C@@H](C(F)(F)F)[C@H](C(N)=O)C1. The van der Waals surface area contributed by atoms with Crippen molar-refractivity contribution in [2.75, 3.05) is 20.2 Å². The van der Waals surface area contributed by atoms with Crippen LogP contribution in [-0.4, -0.2) is 37.2 Å². The Hall–Kier alpha value is -1.47. The molecule has 0 unspecified atom stereocenters. The molecule has 1 aliphatic rings. The third-order valence-corrected chi connectivity index (χ3v) is 4.05. The van der Waals surface area contributed by atoms with Gasteiger partial charge in [0.15, 0.2) is 0 Å². The molecule has 0 aromatic heterocycles. The lowest BCUT2D eigenvalue weighted by molar-refractivity contribution is -0.182. The maximum absolute atomic E-state index is 13.0. The molecule has 0 saturated carbocycles. The van der Waals surface area contributed by atoms with Crippen LogP contribution in [-0.2, 0) is 11.3 Å². The van der Waals surface area contributed by atoms with Gasteiger partial charge in [-0.25, -0.2) is 0 Å². The Morgan fingerprint density at radius 2 is 2.14 bits per heavy atom. The second kappa shape index (κ2) is 6.34. The van der Waals surface area contributed by atoms with E-state index in [1.165, 1.54) is 7.11 Å². The monoisotopic (exact) mass is 336 g/mol. The fraction of sp³-hybridized carbons (Fsp3) is 0.500. The summed E-state index contributed by atoms with van der Waals surface area (Å²) >= 11 is 5.91. The van der Waals surface area contributed by atoms with Gasteiger partial charge < -0.3 is 10.5 Å². The van der Waals surface area contributed by atoms with Gasteiger partial charge in [-0.2, -0.15) is 13.2 Å². The van der Waals surface area contributed by atoms with Crippen molar-refractivity contribution in [2.24, 2.45) is 17.6 Å². The van der Waals surface area contributed by atoms with E-state index in [1.54, 1.807) is 23.1 Å². The van der Waals surface area contributed by atoms with E-state index in [9.17, 15) is 18.0 Å². The fourth-order valence-electron chi connectivity index (χ4n) is 2.75. The maximum atomic E-state index is 13.0. The minimum absolute atomic E-state index is 0.0326. The summed E-state index contributed by atoms with van der Waals surface area (Å²) in [6, 6.07) is 4.93. The highest BCUT2D eigenvalue weighted by Crippen LogP contribution is 2.38. The van der Waals surface area contributed by atoms with E-state index in [2.05, 4.69) is 0 Å². The van der Waals surface area contributed by atoms with Crippen molar-refractivity contribution in [3.05, 3.63) is 28.8 Å². The molecule has 0 aliphatic carbocycles. The molecule has 1 aromatic carbocycles. The minimum Gasteiger partial charge on any atom is -0.496 e. The molecular weight excluding hydrogens is 321 g/mol. The molecule has 8 heteroatoms. The third kappa shape index (κ3) is 3.64. The van der Waals surface area contributed by atoms with Gasteiger partial charge >= 0.3 is 6.18 Å². The Bertz CT molecular complexity index is 566. The Morgan fingerprint density at radius 3 is 2.64 bits per heavy atom. The van der Waals surface area contributed by atoms with E-state index in [0.29, 0.717) is 16.3 Å².